The van der Waals surface area contributed by atoms with Crippen LogP contribution in [0, 0.1) is 13.8 Å². The molecule has 0 aliphatic rings. The summed E-state index contributed by atoms with van der Waals surface area (Å²) in [5.41, 5.74) is 3.53. The molecule has 2 aromatic heterocycles. The molecule has 7 nitrogen and oxygen atoms in total. The first-order chi connectivity index (χ1) is 11.5. The number of rotatable bonds is 4. The number of carbonyl (C=O) groups is 1. The molecule has 0 saturated carbocycles. The number of amides is 1. The van der Waals surface area contributed by atoms with E-state index in [-0.39, 0.29) is 5.88 Å². The molecule has 0 aliphatic heterocycles. The van der Waals surface area contributed by atoms with Gasteiger partial charge in [0, 0.05) is 10.7 Å². The number of hydrogen-bond donors (Lipinski definition) is 2. The summed E-state index contributed by atoms with van der Waals surface area (Å²) in [6.07, 6.45) is -0.662. The second-order valence-corrected chi connectivity index (χ2v) is 6.13. The van der Waals surface area contributed by atoms with Crippen molar-refractivity contribution in [2.75, 3.05) is 10.6 Å². The van der Waals surface area contributed by atoms with Gasteiger partial charge in [-0.2, -0.15) is 0 Å². The van der Waals surface area contributed by atoms with Gasteiger partial charge in [0.15, 0.2) is 10.8 Å². The highest BCUT2D eigenvalue weighted by Crippen LogP contribution is 2.33. The van der Waals surface area contributed by atoms with E-state index < -0.39 is 6.09 Å². The number of nitrogens with zero attached hydrogens (tertiary/aromatic N) is 2. The van der Waals surface area contributed by atoms with E-state index >= 15 is 0 Å². The molecule has 2 N–H and O–H groups in total. The second-order valence-electron chi connectivity index (χ2n) is 4.84. The van der Waals surface area contributed by atoms with E-state index in [1.54, 1.807) is 36.7 Å². The molecule has 24 heavy (non-hydrogen) atoms. The zero-order valence-electron chi connectivity index (χ0n) is 12.8. The van der Waals surface area contributed by atoms with Crippen molar-refractivity contribution >= 4 is 45.4 Å². The molecule has 0 fully saturated rings. The molecule has 9 heteroatoms. The fraction of sp³-hybridized carbons (Fsp3) is 0.133. The van der Waals surface area contributed by atoms with Crippen LogP contribution in [-0.4, -0.2) is 16.2 Å². The molecular weight excluding hydrogens is 352 g/mol. The van der Waals surface area contributed by atoms with Gasteiger partial charge in [-0.05, 0) is 32.0 Å². The molecule has 3 aromatic rings. The maximum Gasteiger partial charge on any atom is 0.418 e. The third kappa shape index (κ3) is 3.66. The Balaban J connectivity index is 1.70. The van der Waals surface area contributed by atoms with Gasteiger partial charge in [-0.25, -0.2) is 9.78 Å². The number of aryl methyl sites for hydroxylation is 2. The number of ether oxygens (including phenoxy) is 1. The Morgan fingerprint density at radius 3 is 2.92 bits per heavy atom. The standard InChI is InChI=1S/C15H13ClN4O3S/c1-8-12(9(2)23-20-8)19-14-13(17-7-24-14)22-15(21)18-11-5-3-4-10(16)6-11/h3-7,19H,1-2H3,(H,18,21). The van der Waals surface area contributed by atoms with Crippen molar-refractivity contribution in [1.82, 2.24) is 10.1 Å². The first kappa shape index (κ1) is 16.3. The molecule has 0 saturated heterocycles. The van der Waals surface area contributed by atoms with Gasteiger partial charge in [-0.3, -0.25) is 5.32 Å². The molecule has 1 amide bonds. The summed E-state index contributed by atoms with van der Waals surface area (Å²) in [5, 5.41) is 10.7. The van der Waals surface area contributed by atoms with E-state index in [0.717, 1.165) is 5.69 Å². The van der Waals surface area contributed by atoms with Crippen LogP contribution in [0.5, 0.6) is 5.88 Å². The Morgan fingerprint density at radius 1 is 1.38 bits per heavy atom. The van der Waals surface area contributed by atoms with Crippen LogP contribution in [0.25, 0.3) is 0 Å². The van der Waals surface area contributed by atoms with Gasteiger partial charge >= 0.3 is 6.09 Å². The van der Waals surface area contributed by atoms with Gasteiger partial charge in [0.05, 0.1) is 5.51 Å². The van der Waals surface area contributed by atoms with Crippen molar-refractivity contribution in [1.29, 1.82) is 0 Å². The number of aromatic nitrogens is 2. The molecule has 0 radical (unpaired) electrons. The van der Waals surface area contributed by atoms with Gasteiger partial charge in [0.25, 0.3) is 5.88 Å². The largest absolute Gasteiger partial charge is 0.418 e. The number of anilines is 3. The monoisotopic (exact) mass is 364 g/mol. The van der Waals surface area contributed by atoms with Crippen LogP contribution in [0.15, 0.2) is 34.3 Å². The number of nitrogens with one attached hydrogen (secondary N) is 2. The molecule has 0 bridgehead atoms. The van der Waals surface area contributed by atoms with Crippen LogP contribution in [-0.2, 0) is 0 Å². The molecule has 0 spiro atoms. The van der Waals surface area contributed by atoms with Crippen LogP contribution < -0.4 is 15.4 Å². The predicted molar refractivity (Wildman–Crippen MR) is 92.5 cm³/mol. The van der Waals surface area contributed by atoms with E-state index in [1.807, 2.05) is 6.92 Å². The van der Waals surface area contributed by atoms with E-state index in [0.29, 0.717) is 27.2 Å². The number of hydrogen-bond acceptors (Lipinski definition) is 7. The Kier molecular flexibility index (Phi) is 4.68. The van der Waals surface area contributed by atoms with Crippen molar-refractivity contribution < 1.29 is 14.1 Å². The molecule has 124 valence electrons. The van der Waals surface area contributed by atoms with Gasteiger partial charge in [0.2, 0.25) is 0 Å². The highest BCUT2D eigenvalue weighted by Gasteiger charge is 2.16. The van der Waals surface area contributed by atoms with Crippen LogP contribution >= 0.6 is 22.9 Å². The molecule has 0 aliphatic carbocycles. The minimum atomic E-state index is -0.662. The lowest BCUT2D eigenvalue weighted by atomic mass is 10.3. The van der Waals surface area contributed by atoms with Gasteiger partial charge in [-0.15, -0.1) is 11.3 Å². The van der Waals surface area contributed by atoms with Crippen LogP contribution in [0.1, 0.15) is 11.5 Å². The molecular formula is C15H13ClN4O3S. The number of carbonyl (C=O) groups excluding carboxylic acids is 1. The van der Waals surface area contributed by atoms with Crippen molar-refractivity contribution in [2.24, 2.45) is 0 Å². The first-order valence-corrected chi connectivity index (χ1v) is 8.16. The fourth-order valence-corrected chi connectivity index (χ4v) is 2.76. The van der Waals surface area contributed by atoms with Crippen LogP contribution in [0.4, 0.5) is 21.2 Å². The minimum Gasteiger partial charge on any atom is -0.388 e. The normalized spacial score (nSPS) is 10.5. The maximum absolute atomic E-state index is 12.0. The summed E-state index contributed by atoms with van der Waals surface area (Å²) in [5.74, 6) is 0.801. The molecule has 0 unspecified atom stereocenters. The summed E-state index contributed by atoms with van der Waals surface area (Å²) >= 11 is 7.18. The Hall–Kier alpha value is -2.58. The SMILES string of the molecule is Cc1noc(C)c1Nc1scnc1OC(=O)Nc1cccc(Cl)c1. The van der Waals surface area contributed by atoms with Crippen LogP contribution in [0.2, 0.25) is 5.02 Å². The van der Waals surface area contributed by atoms with E-state index in [1.165, 1.54) is 11.3 Å². The number of benzene rings is 1. The smallest absolute Gasteiger partial charge is 0.388 e. The summed E-state index contributed by atoms with van der Waals surface area (Å²) < 4.78 is 10.3. The Labute approximate surface area is 146 Å². The lowest BCUT2D eigenvalue weighted by Gasteiger charge is -2.07. The molecule has 0 atom stereocenters. The van der Waals surface area contributed by atoms with Gasteiger partial charge in [0.1, 0.15) is 11.4 Å². The maximum atomic E-state index is 12.0. The highest BCUT2D eigenvalue weighted by atomic mass is 35.5. The van der Waals surface area contributed by atoms with Crippen molar-refractivity contribution in [3.63, 3.8) is 0 Å². The minimum absolute atomic E-state index is 0.166. The van der Waals surface area contributed by atoms with E-state index in [4.69, 9.17) is 20.9 Å². The first-order valence-electron chi connectivity index (χ1n) is 6.90. The predicted octanol–water partition coefficient (Wildman–Crippen LogP) is 4.76. The average Bonchev–Trinajstić information content (AvgIpc) is 3.09. The van der Waals surface area contributed by atoms with E-state index in [9.17, 15) is 4.79 Å². The van der Waals surface area contributed by atoms with Crippen molar-refractivity contribution in [3.8, 4) is 5.88 Å². The van der Waals surface area contributed by atoms with Crippen molar-refractivity contribution in [3.05, 3.63) is 46.3 Å². The van der Waals surface area contributed by atoms with Crippen LogP contribution in [0.3, 0.4) is 0 Å². The van der Waals surface area contributed by atoms with Gasteiger partial charge < -0.3 is 14.6 Å². The third-order valence-corrected chi connectivity index (χ3v) is 4.03. The topological polar surface area (TPSA) is 89.3 Å². The summed E-state index contributed by atoms with van der Waals surface area (Å²) in [7, 11) is 0. The molecule has 1 aromatic carbocycles. The Bertz CT molecular complexity index is 858. The number of thiazole rings is 1. The zero-order chi connectivity index (χ0) is 17.1. The summed E-state index contributed by atoms with van der Waals surface area (Å²) in [6.45, 7) is 3.60. The fourth-order valence-electron chi connectivity index (χ4n) is 1.96. The lowest BCUT2D eigenvalue weighted by Crippen LogP contribution is -2.17. The summed E-state index contributed by atoms with van der Waals surface area (Å²) in [6, 6.07) is 6.76. The lowest BCUT2D eigenvalue weighted by molar-refractivity contribution is 0.214. The zero-order valence-corrected chi connectivity index (χ0v) is 14.4. The Morgan fingerprint density at radius 2 is 2.21 bits per heavy atom. The third-order valence-electron chi connectivity index (χ3n) is 3.07. The average molecular weight is 365 g/mol. The number of halogens is 1. The molecule has 2 heterocycles. The molecule has 3 rings (SSSR count). The second kappa shape index (κ2) is 6.90. The summed E-state index contributed by atoms with van der Waals surface area (Å²) in [4.78, 5) is 16.1. The quantitative estimate of drug-likeness (QED) is 0.694. The van der Waals surface area contributed by atoms with E-state index in [2.05, 4.69) is 20.8 Å². The highest BCUT2D eigenvalue weighted by molar-refractivity contribution is 7.14. The van der Waals surface area contributed by atoms with Crippen molar-refractivity contribution in [2.45, 2.75) is 13.8 Å². The van der Waals surface area contributed by atoms with Gasteiger partial charge in [-0.1, -0.05) is 22.8 Å².